The number of anilines is 1. The van der Waals surface area contributed by atoms with Crippen molar-refractivity contribution < 1.29 is 0 Å². The molecule has 1 saturated heterocycles. The number of piperidine rings is 1. The number of rotatable bonds is 1. The van der Waals surface area contributed by atoms with Crippen LogP contribution in [0.25, 0.3) is 0 Å². The van der Waals surface area contributed by atoms with Crippen molar-refractivity contribution in [1.82, 2.24) is 0 Å². The molecule has 1 atom stereocenters. The first-order chi connectivity index (χ1) is 9.78. The molecular weight excluding hydrogens is 246 g/mol. The molecule has 2 N–H and O–H groups in total. The molecule has 0 amide bonds. The van der Waals surface area contributed by atoms with Gasteiger partial charge in [0.25, 0.3) is 0 Å². The maximum Gasteiger partial charge on any atom is 0.0966 e. The molecule has 1 unspecified atom stereocenters. The van der Waals surface area contributed by atoms with Gasteiger partial charge in [-0.15, -0.1) is 0 Å². The Morgan fingerprint density at radius 2 is 1.85 bits per heavy atom. The summed E-state index contributed by atoms with van der Waals surface area (Å²) in [6.45, 7) is 1.03. The smallest absolute Gasteiger partial charge is 0.0966 e. The summed E-state index contributed by atoms with van der Waals surface area (Å²) in [5, 5.41) is 9.33. The van der Waals surface area contributed by atoms with E-state index in [2.05, 4.69) is 35.2 Å². The average Bonchev–Trinajstić information content (AvgIpc) is 2.51. The van der Waals surface area contributed by atoms with E-state index in [1.807, 2.05) is 6.07 Å². The quantitative estimate of drug-likeness (QED) is 0.849. The molecule has 1 aromatic carbocycles. The Bertz CT molecular complexity index is 555. The van der Waals surface area contributed by atoms with Gasteiger partial charge < -0.3 is 10.6 Å². The Balaban J connectivity index is 2.07. The summed E-state index contributed by atoms with van der Waals surface area (Å²) in [5.41, 5.74) is 9.18. The summed E-state index contributed by atoms with van der Waals surface area (Å²) in [7, 11) is 0. The first-order valence-corrected chi connectivity index (χ1v) is 7.50. The Morgan fingerprint density at radius 1 is 1.10 bits per heavy atom. The lowest BCUT2D eigenvalue weighted by molar-refractivity contribution is 0.310. The summed E-state index contributed by atoms with van der Waals surface area (Å²) in [6, 6.07) is 12.8. The summed E-state index contributed by atoms with van der Waals surface area (Å²) < 4.78 is 0. The molecule has 20 heavy (non-hydrogen) atoms. The molecule has 1 aliphatic carbocycles. The van der Waals surface area contributed by atoms with Gasteiger partial charge in [0.15, 0.2) is 0 Å². The maximum absolute atomic E-state index is 9.33. The molecule has 1 spiro atoms. The van der Waals surface area contributed by atoms with E-state index in [0.29, 0.717) is 0 Å². The molecule has 3 rings (SSSR count). The van der Waals surface area contributed by atoms with Gasteiger partial charge in [0.05, 0.1) is 17.2 Å². The van der Waals surface area contributed by atoms with Gasteiger partial charge in [-0.05, 0) is 50.7 Å². The first kappa shape index (κ1) is 13.1. The molecule has 0 bridgehead atoms. The van der Waals surface area contributed by atoms with Crippen LogP contribution in [0.15, 0.2) is 41.6 Å². The molecule has 3 nitrogen and oxygen atoms in total. The highest BCUT2D eigenvalue weighted by molar-refractivity contribution is 5.54. The Hall–Kier alpha value is -1.95. The van der Waals surface area contributed by atoms with Gasteiger partial charge in [-0.1, -0.05) is 18.2 Å². The highest BCUT2D eigenvalue weighted by atomic mass is 15.2. The molecule has 0 radical (unpaired) electrons. The van der Waals surface area contributed by atoms with Crippen LogP contribution in [0.2, 0.25) is 0 Å². The fourth-order valence-electron chi connectivity index (χ4n) is 3.78. The second-order valence-corrected chi connectivity index (χ2v) is 5.83. The monoisotopic (exact) mass is 267 g/mol. The highest BCUT2D eigenvalue weighted by Gasteiger charge is 2.44. The van der Waals surface area contributed by atoms with Crippen LogP contribution in [-0.2, 0) is 0 Å². The fraction of sp³-hybridized carbons (Fsp3) is 0.471. The van der Waals surface area contributed by atoms with Gasteiger partial charge in [-0.25, -0.2) is 0 Å². The second-order valence-electron chi connectivity index (χ2n) is 5.83. The SMILES string of the molecule is N#CC1=C(N)C2(CCCCN2c2ccccc2)CCC1. The number of hydrogen-bond donors (Lipinski definition) is 1. The molecule has 0 aromatic heterocycles. The van der Waals surface area contributed by atoms with Crippen LogP contribution in [0.3, 0.4) is 0 Å². The molecule has 1 aromatic rings. The predicted octanol–water partition coefficient (Wildman–Crippen LogP) is 3.34. The highest BCUT2D eigenvalue weighted by Crippen LogP contribution is 2.44. The van der Waals surface area contributed by atoms with E-state index in [4.69, 9.17) is 5.73 Å². The van der Waals surface area contributed by atoms with Crippen LogP contribution in [0.5, 0.6) is 0 Å². The van der Waals surface area contributed by atoms with Crippen molar-refractivity contribution in [2.45, 2.75) is 44.1 Å². The van der Waals surface area contributed by atoms with Gasteiger partial charge in [0, 0.05) is 17.9 Å². The van der Waals surface area contributed by atoms with Crippen molar-refractivity contribution in [2.75, 3.05) is 11.4 Å². The number of nitrogens with zero attached hydrogens (tertiary/aromatic N) is 2. The van der Waals surface area contributed by atoms with Crippen LogP contribution in [0.4, 0.5) is 5.69 Å². The lowest BCUT2D eigenvalue weighted by Crippen LogP contribution is -2.56. The summed E-state index contributed by atoms with van der Waals surface area (Å²) in [4.78, 5) is 2.45. The van der Waals surface area contributed by atoms with Crippen molar-refractivity contribution in [1.29, 1.82) is 5.26 Å². The molecule has 104 valence electrons. The second kappa shape index (κ2) is 5.20. The predicted molar refractivity (Wildman–Crippen MR) is 81.0 cm³/mol. The van der Waals surface area contributed by atoms with Crippen LogP contribution in [0.1, 0.15) is 38.5 Å². The Labute approximate surface area is 120 Å². The molecule has 1 aliphatic heterocycles. The number of allylic oxidation sites excluding steroid dienone is 1. The molecular formula is C17H21N3. The zero-order chi connectivity index (χ0) is 14.0. The van der Waals surface area contributed by atoms with E-state index in [1.54, 1.807) is 0 Å². The zero-order valence-electron chi connectivity index (χ0n) is 11.8. The topological polar surface area (TPSA) is 53.1 Å². The number of para-hydroxylation sites is 1. The van der Waals surface area contributed by atoms with Crippen LogP contribution in [-0.4, -0.2) is 12.1 Å². The standard InChI is InChI=1S/C17H21N3/c18-13-14-7-6-11-17(16(14)19)10-4-5-12-20(17)15-8-2-1-3-9-15/h1-3,8-9H,4-7,10-12,19H2. The minimum absolute atomic E-state index is 0.122. The van der Waals surface area contributed by atoms with Crippen molar-refractivity contribution in [2.24, 2.45) is 5.73 Å². The van der Waals surface area contributed by atoms with Crippen molar-refractivity contribution >= 4 is 5.69 Å². The van der Waals surface area contributed by atoms with Gasteiger partial charge >= 0.3 is 0 Å². The molecule has 2 aliphatic rings. The molecule has 0 saturated carbocycles. The van der Waals surface area contributed by atoms with Gasteiger partial charge in [0.1, 0.15) is 0 Å². The van der Waals surface area contributed by atoms with Crippen LogP contribution >= 0.6 is 0 Å². The summed E-state index contributed by atoms with van der Waals surface area (Å²) in [6.07, 6.45) is 6.44. The lowest BCUT2D eigenvalue weighted by Gasteiger charge is -2.51. The third-order valence-electron chi connectivity index (χ3n) is 4.79. The summed E-state index contributed by atoms with van der Waals surface area (Å²) >= 11 is 0. The normalized spacial score (nSPS) is 26.6. The molecule has 1 heterocycles. The summed E-state index contributed by atoms with van der Waals surface area (Å²) in [5.74, 6) is 0. The molecule has 3 heteroatoms. The maximum atomic E-state index is 9.33. The minimum Gasteiger partial charge on any atom is -0.399 e. The van der Waals surface area contributed by atoms with E-state index < -0.39 is 0 Å². The Kier molecular flexibility index (Phi) is 3.40. The van der Waals surface area contributed by atoms with Crippen molar-refractivity contribution in [3.8, 4) is 6.07 Å². The lowest BCUT2D eigenvalue weighted by atomic mass is 9.74. The van der Waals surface area contributed by atoms with Crippen LogP contribution in [0, 0.1) is 11.3 Å². The fourth-order valence-corrected chi connectivity index (χ4v) is 3.78. The van der Waals surface area contributed by atoms with Crippen LogP contribution < -0.4 is 10.6 Å². The number of nitrogens with two attached hydrogens (primary N) is 1. The average molecular weight is 267 g/mol. The van der Waals surface area contributed by atoms with Gasteiger partial charge in [-0.3, -0.25) is 0 Å². The number of benzene rings is 1. The van der Waals surface area contributed by atoms with E-state index >= 15 is 0 Å². The van der Waals surface area contributed by atoms with E-state index in [0.717, 1.165) is 43.5 Å². The third kappa shape index (κ3) is 1.96. The minimum atomic E-state index is -0.122. The van der Waals surface area contributed by atoms with E-state index in [1.165, 1.54) is 18.5 Å². The number of hydrogen-bond acceptors (Lipinski definition) is 3. The molecule has 1 fully saturated rings. The van der Waals surface area contributed by atoms with E-state index in [-0.39, 0.29) is 5.54 Å². The van der Waals surface area contributed by atoms with Gasteiger partial charge in [-0.2, -0.15) is 5.26 Å². The van der Waals surface area contributed by atoms with E-state index in [9.17, 15) is 5.26 Å². The van der Waals surface area contributed by atoms with Crippen molar-refractivity contribution in [3.05, 3.63) is 41.6 Å². The van der Waals surface area contributed by atoms with Crippen molar-refractivity contribution in [3.63, 3.8) is 0 Å². The third-order valence-corrected chi connectivity index (χ3v) is 4.79. The first-order valence-electron chi connectivity index (χ1n) is 7.50. The largest absolute Gasteiger partial charge is 0.399 e. The Morgan fingerprint density at radius 3 is 2.60 bits per heavy atom. The zero-order valence-corrected chi connectivity index (χ0v) is 11.8. The van der Waals surface area contributed by atoms with Gasteiger partial charge in [0.2, 0.25) is 0 Å². The number of nitriles is 1.